The van der Waals surface area contributed by atoms with Gasteiger partial charge in [0.15, 0.2) is 0 Å². The van der Waals surface area contributed by atoms with Crippen LogP contribution in [-0.2, 0) is 4.79 Å². The van der Waals surface area contributed by atoms with E-state index in [4.69, 9.17) is 9.47 Å². The number of amides is 1. The number of aromatic nitrogens is 2. The summed E-state index contributed by atoms with van der Waals surface area (Å²) in [7, 11) is 5.39. The molecule has 3 aromatic rings. The number of nitrogens with one attached hydrogen (secondary N) is 2. The molecule has 0 bridgehead atoms. The number of nitrogens with zero attached hydrogens (tertiary/aromatic N) is 2. The molecule has 3 heterocycles. The van der Waals surface area contributed by atoms with Gasteiger partial charge in [-0.1, -0.05) is 6.07 Å². The number of ether oxygens (including phenoxy) is 2. The number of carbonyl (C=O) groups excluding carboxylic acids is 1. The minimum Gasteiger partial charge on any atom is -0.496 e. The quantitative estimate of drug-likeness (QED) is 0.698. The molecule has 2 aromatic heterocycles. The molecule has 1 aromatic carbocycles. The number of carbonyl (C=O) groups is 1. The Bertz CT molecular complexity index is 1060. The van der Waals surface area contributed by atoms with Gasteiger partial charge < -0.3 is 24.7 Å². The fourth-order valence-corrected chi connectivity index (χ4v) is 4.73. The van der Waals surface area contributed by atoms with Crippen LogP contribution in [0, 0.1) is 17.8 Å². The summed E-state index contributed by atoms with van der Waals surface area (Å²) < 4.78 is 11.1. The van der Waals surface area contributed by atoms with Crippen LogP contribution in [-0.4, -0.2) is 55.1 Å². The second kappa shape index (κ2) is 6.77. The van der Waals surface area contributed by atoms with Gasteiger partial charge in [-0.3, -0.25) is 4.79 Å². The van der Waals surface area contributed by atoms with Crippen molar-refractivity contribution in [2.24, 2.45) is 17.8 Å². The summed E-state index contributed by atoms with van der Waals surface area (Å²) in [5, 5.41) is 3.94. The first kappa shape index (κ1) is 18.0. The summed E-state index contributed by atoms with van der Waals surface area (Å²) in [5.41, 5.74) is 2.53. The molecule has 5 rings (SSSR count). The zero-order chi connectivity index (χ0) is 20.1. The molecule has 1 aliphatic carbocycles. The lowest BCUT2D eigenvalue weighted by Gasteiger charge is -2.13. The van der Waals surface area contributed by atoms with Crippen molar-refractivity contribution in [3.8, 4) is 22.6 Å². The van der Waals surface area contributed by atoms with Crippen LogP contribution >= 0.6 is 0 Å². The Morgan fingerprint density at radius 3 is 2.48 bits per heavy atom. The zero-order valence-electron chi connectivity index (χ0n) is 16.7. The normalized spacial score (nSPS) is 23.1. The fourth-order valence-electron chi connectivity index (χ4n) is 4.73. The highest BCUT2D eigenvalue weighted by Crippen LogP contribution is 2.51. The van der Waals surface area contributed by atoms with Crippen molar-refractivity contribution in [2.45, 2.75) is 0 Å². The highest BCUT2D eigenvalue weighted by molar-refractivity contribution is 5.99. The summed E-state index contributed by atoms with van der Waals surface area (Å²) in [5.74, 6) is 3.23. The Hall–Kier alpha value is -3.06. The van der Waals surface area contributed by atoms with Crippen molar-refractivity contribution in [3.63, 3.8) is 0 Å². The summed E-state index contributed by atoms with van der Waals surface area (Å²) in [6.45, 7) is 2.02. The molecule has 2 N–H and O–H groups in total. The van der Waals surface area contributed by atoms with Gasteiger partial charge >= 0.3 is 0 Å². The molecule has 29 heavy (non-hydrogen) atoms. The molecule has 1 amide bonds. The molecule has 150 valence electrons. The molecule has 1 aliphatic heterocycles. The van der Waals surface area contributed by atoms with Crippen molar-refractivity contribution < 1.29 is 14.3 Å². The molecule has 1 unspecified atom stereocenters. The van der Waals surface area contributed by atoms with Crippen molar-refractivity contribution in [1.29, 1.82) is 0 Å². The van der Waals surface area contributed by atoms with E-state index < -0.39 is 0 Å². The van der Waals surface area contributed by atoms with Crippen LogP contribution in [0.1, 0.15) is 0 Å². The van der Waals surface area contributed by atoms with Gasteiger partial charge in [-0.05, 0) is 43.1 Å². The number of likely N-dealkylation sites (tertiary alicyclic amines) is 1. The molecular weight excluding hydrogens is 368 g/mol. The van der Waals surface area contributed by atoms with Gasteiger partial charge in [0.1, 0.15) is 23.0 Å². The van der Waals surface area contributed by atoms with Crippen LogP contribution in [0.15, 0.2) is 36.5 Å². The summed E-state index contributed by atoms with van der Waals surface area (Å²) in [6.07, 6.45) is 1.89. The molecule has 3 atom stereocenters. The van der Waals surface area contributed by atoms with Gasteiger partial charge in [0.25, 0.3) is 0 Å². The van der Waals surface area contributed by atoms with Gasteiger partial charge in [0.2, 0.25) is 5.91 Å². The van der Waals surface area contributed by atoms with E-state index >= 15 is 0 Å². The van der Waals surface area contributed by atoms with E-state index in [9.17, 15) is 4.79 Å². The number of rotatable bonds is 5. The molecule has 1 saturated heterocycles. The maximum Gasteiger partial charge on any atom is 0.229 e. The number of aromatic amines is 1. The number of methoxy groups -OCH3 is 2. The zero-order valence-corrected chi connectivity index (χ0v) is 16.7. The van der Waals surface area contributed by atoms with E-state index in [1.54, 1.807) is 14.2 Å². The van der Waals surface area contributed by atoms with Crippen molar-refractivity contribution in [1.82, 2.24) is 14.9 Å². The highest BCUT2D eigenvalue weighted by atomic mass is 16.5. The van der Waals surface area contributed by atoms with Crippen LogP contribution in [0.2, 0.25) is 0 Å². The first-order valence-electron chi connectivity index (χ1n) is 9.79. The number of pyridine rings is 1. The average Bonchev–Trinajstić information content (AvgIpc) is 3.05. The third kappa shape index (κ3) is 2.93. The Morgan fingerprint density at radius 1 is 1.14 bits per heavy atom. The van der Waals surface area contributed by atoms with E-state index in [0.717, 1.165) is 41.1 Å². The number of piperidine rings is 1. The van der Waals surface area contributed by atoms with Crippen molar-refractivity contribution >= 4 is 22.8 Å². The van der Waals surface area contributed by atoms with Crippen LogP contribution in [0.25, 0.3) is 22.2 Å². The number of anilines is 1. The third-order valence-electron chi connectivity index (χ3n) is 6.17. The molecule has 7 nitrogen and oxygen atoms in total. The van der Waals surface area contributed by atoms with Gasteiger partial charge in [-0.25, -0.2) is 4.98 Å². The van der Waals surface area contributed by atoms with E-state index in [1.807, 2.05) is 36.5 Å². The number of hydrogen-bond donors (Lipinski definition) is 2. The lowest BCUT2D eigenvalue weighted by atomic mass is 10.0. The molecule has 0 spiro atoms. The first-order valence-corrected chi connectivity index (χ1v) is 9.79. The number of H-pyrrole nitrogens is 1. The van der Waals surface area contributed by atoms with Gasteiger partial charge in [0.05, 0.1) is 19.8 Å². The minimum absolute atomic E-state index is 0.0816. The molecule has 7 heteroatoms. The summed E-state index contributed by atoms with van der Waals surface area (Å²) in [4.78, 5) is 22.7. The Morgan fingerprint density at radius 2 is 1.83 bits per heavy atom. The fraction of sp³-hybridized carbons (Fsp3) is 0.364. The van der Waals surface area contributed by atoms with Crippen LogP contribution in [0.5, 0.6) is 11.5 Å². The number of fused-ring (bicyclic) bond motifs is 2. The van der Waals surface area contributed by atoms with E-state index in [0.29, 0.717) is 23.3 Å². The van der Waals surface area contributed by atoms with Crippen LogP contribution in [0.3, 0.4) is 0 Å². The van der Waals surface area contributed by atoms with Gasteiger partial charge in [0, 0.05) is 36.2 Å². The molecular formula is C22H24N4O3. The van der Waals surface area contributed by atoms with Crippen molar-refractivity contribution in [2.75, 3.05) is 39.7 Å². The average molecular weight is 392 g/mol. The van der Waals surface area contributed by atoms with Crippen LogP contribution in [0.4, 0.5) is 5.82 Å². The second-order valence-corrected chi connectivity index (χ2v) is 7.90. The smallest absolute Gasteiger partial charge is 0.229 e. The standard InChI is InChI=1S/C22H24N4O3/c1-26-10-14-15(11-26)19(14)22(27)25-18-8-7-12-13(9-23-21(12)24-18)20-16(28-2)5-4-6-17(20)29-3/h4-9,14-15,19H,10-11H2,1-3H3,(H2,23,24,25,27)/t14-,15+,19?. The Labute approximate surface area is 169 Å². The summed E-state index contributed by atoms with van der Waals surface area (Å²) in [6, 6.07) is 9.53. The lowest BCUT2D eigenvalue weighted by Crippen LogP contribution is -2.25. The van der Waals surface area contributed by atoms with Gasteiger partial charge in [-0.2, -0.15) is 0 Å². The SMILES string of the molecule is COc1cccc(OC)c1-c1c[nH]c2nc(NC(=O)C3[C@H]4CN(C)C[C@@H]34)ccc12. The maximum atomic E-state index is 12.6. The maximum absolute atomic E-state index is 12.6. The van der Waals surface area contributed by atoms with E-state index in [1.165, 1.54) is 0 Å². The number of benzene rings is 1. The predicted molar refractivity (Wildman–Crippen MR) is 111 cm³/mol. The molecule has 2 fully saturated rings. The molecule has 0 radical (unpaired) electrons. The van der Waals surface area contributed by atoms with Crippen LogP contribution < -0.4 is 14.8 Å². The highest BCUT2D eigenvalue weighted by Gasteiger charge is 2.58. The summed E-state index contributed by atoms with van der Waals surface area (Å²) >= 11 is 0. The monoisotopic (exact) mass is 392 g/mol. The Balaban J connectivity index is 1.42. The largest absolute Gasteiger partial charge is 0.496 e. The van der Waals surface area contributed by atoms with E-state index in [2.05, 4.69) is 27.2 Å². The second-order valence-electron chi connectivity index (χ2n) is 7.90. The number of hydrogen-bond acceptors (Lipinski definition) is 5. The first-order chi connectivity index (χ1) is 14.1. The van der Waals surface area contributed by atoms with Gasteiger partial charge in [-0.15, -0.1) is 0 Å². The topological polar surface area (TPSA) is 79.5 Å². The minimum atomic E-state index is 0.0816. The molecule has 1 saturated carbocycles. The molecule has 2 aliphatic rings. The van der Waals surface area contributed by atoms with Crippen molar-refractivity contribution in [3.05, 3.63) is 36.5 Å². The Kier molecular flexibility index (Phi) is 4.20. The van der Waals surface area contributed by atoms with E-state index in [-0.39, 0.29) is 11.8 Å². The third-order valence-corrected chi connectivity index (χ3v) is 6.17. The lowest BCUT2D eigenvalue weighted by molar-refractivity contribution is -0.118. The predicted octanol–water partition coefficient (Wildman–Crippen LogP) is 2.99.